The molecule has 1 atom stereocenters. The molecule has 2 amide bonds. The molecule has 4 heterocycles. The van der Waals surface area contributed by atoms with Crippen molar-refractivity contribution in [2.75, 3.05) is 0 Å². The fourth-order valence-corrected chi connectivity index (χ4v) is 5.84. The van der Waals surface area contributed by atoms with E-state index in [0.29, 0.717) is 18.0 Å². The number of rotatable bonds is 4. The van der Waals surface area contributed by atoms with Gasteiger partial charge in [0.2, 0.25) is 5.91 Å². The molecule has 2 aliphatic rings. The van der Waals surface area contributed by atoms with E-state index in [2.05, 4.69) is 5.32 Å². The molecule has 1 aliphatic heterocycles. The molecule has 1 saturated carbocycles. The predicted octanol–water partition coefficient (Wildman–Crippen LogP) is 4.94. The van der Waals surface area contributed by atoms with Crippen LogP contribution in [0.5, 0.6) is 0 Å². The monoisotopic (exact) mass is 439 g/mol. The van der Waals surface area contributed by atoms with Gasteiger partial charge in [-0.05, 0) is 49.4 Å². The van der Waals surface area contributed by atoms with Crippen molar-refractivity contribution < 1.29 is 14.0 Å². The fourth-order valence-electron chi connectivity index (χ4n) is 5.02. The molecule has 0 radical (unpaired) electrons. The standard InChI is InChI=1S/C24H29N3O3S/c1-24(23(29)25-17-8-5-3-2-4-6-9-17)16-26-19-11-13-31-21(19)14-20(26)22(28)27(24)15-18-10-7-12-30-18/h7,10-14,17H,2-6,8-9,15-16H2,1H3,(H,25,29)/t24-/m1/s1. The lowest BCUT2D eigenvalue weighted by Crippen LogP contribution is -2.64. The molecule has 31 heavy (non-hydrogen) atoms. The van der Waals surface area contributed by atoms with E-state index in [0.717, 1.165) is 35.9 Å². The number of aromatic nitrogens is 1. The molecule has 0 aromatic carbocycles. The highest BCUT2D eigenvalue weighted by Gasteiger charge is 2.48. The molecule has 0 bridgehead atoms. The Hall–Kier alpha value is -2.54. The van der Waals surface area contributed by atoms with E-state index in [-0.39, 0.29) is 24.4 Å². The van der Waals surface area contributed by atoms with E-state index in [1.807, 2.05) is 41.1 Å². The molecule has 164 valence electrons. The Bertz CT molecular complexity index is 1080. The van der Waals surface area contributed by atoms with Crippen LogP contribution in [0, 0.1) is 0 Å². The number of amides is 2. The number of nitrogens with zero attached hydrogens (tertiary/aromatic N) is 2. The van der Waals surface area contributed by atoms with Crippen LogP contribution in [0.25, 0.3) is 10.2 Å². The van der Waals surface area contributed by atoms with Crippen LogP contribution in [0.15, 0.2) is 40.3 Å². The highest BCUT2D eigenvalue weighted by Crippen LogP contribution is 2.35. The first-order chi connectivity index (χ1) is 15.1. The molecule has 3 aromatic rings. The third kappa shape index (κ3) is 3.69. The van der Waals surface area contributed by atoms with Crippen molar-refractivity contribution in [2.45, 2.75) is 76.5 Å². The fraction of sp³-hybridized carbons (Fsp3) is 0.500. The zero-order chi connectivity index (χ0) is 21.4. The number of furan rings is 1. The second-order valence-corrected chi connectivity index (χ2v) is 9.99. The lowest BCUT2D eigenvalue weighted by atomic mass is 9.92. The maximum Gasteiger partial charge on any atom is 0.271 e. The highest BCUT2D eigenvalue weighted by atomic mass is 32.1. The summed E-state index contributed by atoms with van der Waals surface area (Å²) in [6.45, 7) is 2.61. The van der Waals surface area contributed by atoms with Gasteiger partial charge in [0, 0.05) is 6.04 Å². The van der Waals surface area contributed by atoms with Crippen molar-refractivity contribution in [3.63, 3.8) is 0 Å². The third-order valence-electron chi connectivity index (χ3n) is 6.87. The van der Waals surface area contributed by atoms with Gasteiger partial charge in [-0.3, -0.25) is 9.59 Å². The zero-order valence-electron chi connectivity index (χ0n) is 17.9. The van der Waals surface area contributed by atoms with Crippen LogP contribution in [0.3, 0.4) is 0 Å². The normalized spacial score (nSPS) is 22.9. The second-order valence-electron chi connectivity index (χ2n) is 9.05. The Morgan fingerprint density at radius 1 is 1.23 bits per heavy atom. The average Bonchev–Trinajstić information content (AvgIpc) is 3.46. The Balaban J connectivity index is 1.48. The van der Waals surface area contributed by atoms with Crippen molar-refractivity contribution in [2.24, 2.45) is 0 Å². The van der Waals surface area contributed by atoms with Crippen LogP contribution in [0.4, 0.5) is 0 Å². The summed E-state index contributed by atoms with van der Waals surface area (Å²) >= 11 is 1.62. The summed E-state index contributed by atoms with van der Waals surface area (Å²) in [4.78, 5) is 29.0. The third-order valence-corrected chi connectivity index (χ3v) is 7.73. The van der Waals surface area contributed by atoms with Gasteiger partial charge in [-0.1, -0.05) is 32.1 Å². The van der Waals surface area contributed by atoms with E-state index in [9.17, 15) is 9.59 Å². The lowest BCUT2D eigenvalue weighted by molar-refractivity contribution is -0.134. The predicted molar refractivity (Wildman–Crippen MR) is 121 cm³/mol. The largest absolute Gasteiger partial charge is 0.467 e. The summed E-state index contributed by atoms with van der Waals surface area (Å²) in [5, 5.41) is 5.35. The van der Waals surface area contributed by atoms with E-state index < -0.39 is 5.54 Å². The molecule has 0 spiro atoms. The van der Waals surface area contributed by atoms with Crippen molar-refractivity contribution >= 4 is 33.4 Å². The van der Waals surface area contributed by atoms with Crippen molar-refractivity contribution in [1.82, 2.24) is 14.8 Å². The zero-order valence-corrected chi connectivity index (χ0v) is 18.7. The average molecular weight is 440 g/mol. The van der Waals surface area contributed by atoms with Crippen LogP contribution in [-0.4, -0.2) is 32.9 Å². The van der Waals surface area contributed by atoms with Gasteiger partial charge in [-0.15, -0.1) is 11.3 Å². The number of nitrogens with one attached hydrogen (secondary N) is 1. The molecule has 1 fully saturated rings. The van der Waals surface area contributed by atoms with Gasteiger partial charge in [-0.25, -0.2) is 0 Å². The minimum atomic E-state index is -0.993. The Kier molecular flexibility index (Phi) is 5.38. The van der Waals surface area contributed by atoms with Gasteiger partial charge >= 0.3 is 0 Å². The number of thiophene rings is 1. The van der Waals surface area contributed by atoms with Gasteiger partial charge < -0.3 is 19.2 Å². The molecule has 1 N–H and O–H groups in total. The first-order valence-electron chi connectivity index (χ1n) is 11.3. The molecular formula is C24H29N3O3S. The molecule has 3 aromatic heterocycles. The maximum atomic E-state index is 13.7. The summed E-state index contributed by atoms with van der Waals surface area (Å²) in [7, 11) is 0. The van der Waals surface area contributed by atoms with Crippen LogP contribution in [-0.2, 0) is 17.9 Å². The van der Waals surface area contributed by atoms with Crippen LogP contribution in [0.1, 0.15) is 68.1 Å². The van der Waals surface area contributed by atoms with Gasteiger partial charge in [-0.2, -0.15) is 0 Å². The van der Waals surface area contributed by atoms with E-state index >= 15 is 0 Å². The van der Waals surface area contributed by atoms with Gasteiger partial charge in [0.25, 0.3) is 5.91 Å². The summed E-state index contributed by atoms with van der Waals surface area (Å²) in [6.07, 6.45) is 9.67. The number of hydrogen-bond donors (Lipinski definition) is 1. The first-order valence-corrected chi connectivity index (χ1v) is 12.2. The SMILES string of the molecule is C[C@]1(C(=O)NC2CCCCCCC2)Cn2c(cc3sccc32)C(=O)N1Cc1ccco1. The molecule has 7 heteroatoms. The Labute approximate surface area is 186 Å². The Morgan fingerprint density at radius 2 is 2.00 bits per heavy atom. The minimum Gasteiger partial charge on any atom is -0.467 e. The minimum absolute atomic E-state index is 0.0688. The summed E-state index contributed by atoms with van der Waals surface area (Å²) in [5.74, 6) is 0.488. The van der Waals surface area contributed by atoms with Crippen molar-refractivity contribution in [3.8, 4) is 0 Å². The van der Waals surface area contributed by atoms with Crippen LogP contribution < -0.4 is 5.32 Å². The number of carbonyl (C=O) groups excluding carboxylic acids is 2. The van der Waals surface area contributed by atoms with Gasteiger partial charge in [0.05, 0.1) is 29.6 Å². The first kappa shape index (κ1) is 20.4. The number of hydrogen-bond acceptors (Lipinski definition) is 4. The summed E-state index contributed by atoms with van der Waals surface area (Å²) < 4.78 is 8.63. The molecular weight excluding hydrogens is 410 g/mol. The molecule has 1 aliphatic carbocycles. The van der Waals surface area contributed by atoms with E-state index in [1.165, 1.54) is 19.3 Å². The van der Waals surface area contributed by atoms with Crippen molar-refractivity contribution in [3.05, 3.63) is 47.4 Å². The van der Waals surface area contributed by atoms with Crippen LogP contribution >= 0.6 is 11.3 Å². The maximum absolute atomic E-state index is 13.7. The van der Waals surface area contributed by atoms with E-state index in [4.69, 9.17) is 4.42 Å². The molecule has 5 rings (SSSR count). The van der Waals surface area contributed by atoms with E-state index in [1.54, 1.807) is 22.5 Å². The highest BCUT2D eigenvalue weighted by molar-refractivity contribution is 7.17. The van der Waals surface area contributed by atoms with Crippen LogP contribution in [0.2, 0.25) is 0 Å². The summed E-state index contributed by atoms with van der Waals surface area (Å²) in [5.41, 5.74) is 0.674. The van der Waals surface area contributed by atoms with Gasteiger partial charge in [0.15, 0.2) is 0 Å². The summed E-state index contributed by atoms with van der Waals surface area (Å²) in [6, 6.07) is 7.83. The Morgan fingerprint density at radius 3 is 2.74 bits per heavy atom. The lowest BCUT2D eigenvalue weighted by Gasteiger charge is -2.44. The smallest absolute Gasteiger partial charge is 0.271 e. The quantitative estimate of drug-likeness (QED) is 0.626. The number of fused-ring (bicyclic) bond motifs is 3. The molecule has 0 saturated heterocycles. The topological polar surface area (TPSA) is 67.5 Å². The number of carbonyl (C=O) groups is 2. The molecule has 6 nitrogen and oxygen atoms in total. The van der Waals surface area contributed by atoms with Crippen molar-refractivity contribution in [1.29, 1.82) is 0 Å². The molecule has 0 unspecified atom stereocenters. The second kappa shape index (κ2) is 8.19. The van der Waals surface area contributed by atoms with Gasteiger partial charge in [0.1, 0.15) is 17.0 Å².